The number of fused-ring (bicyclic) bond motifs is 19. The number of para-hydroxylation sites is 9. The lowest BCUT2D eigenvalue weighted by Crippen LogP contribution is -2.61. The highest BCUT2D eigenvalue weighted by atomic mass is 16.3. The number of nitrogens with zero attached hydrogens (tertiary/aromatic N) is 6. The number of hydrogen-bond donors (Lipinski definition) is 0. The SMILES string of the molecule is CC(C)(C)c1ccc(N2c3cc(-c4c(-c5ccc6c(c5)oc5ccccc56)cccc4-n4c5ccccc5c5ccccc54)ccc3B3c4ccc(-n5c6ccccc6c6cc(C#N)ccc65)cc4N(c4ccccc4-c4ccccc4)c4cc(-c5c(-c6cccc7c6oc6ccccc67)cccc5-n5c6ccccc6c6ccccc65)cc2c43)c(-c2ccccc2)c1. The van der Waals surface area contributed by atoms with Crippen LogP contribution >= 0.6 is 0 Å². The predicted molar refractivity (Wildman–Crippen MR) is 534 cm³/mol. The molecule has 2 aliphatic heterocycles. The van der Waals surface area contributed by atoms with Gasteiger partial charge in [0.05, 0.1) is 67.5 Å². The minimum absolute atomic E-state index is 0.235. The Morgan fingerprint density at radius 2 is 0.703 bits per heavy atom. The molecule has 0 N–H and O–H groups in total. The van der Waals surface area contributed by atoms with Gasteiger partial charge in [0.2, 0.25) is 0 Å². The standard InChI is InChI=1S/C119H77BN6O2/c1-119(2,3)79-58-64-104(94(70-79)75-31-8-5-9-32-75)126-108-66-77(115-82(76-56-60-90-88-39-16-24-53-112(88)127-114(90)69-76)41-27-51-106(115)123-100-47-20-11-34-83(100)84-35-12-21-48-101(84)123)57-61-96(108)120-97-62-59-80(122-99-46-19-15-38-87(99)95-65-73(72-121)55-63-105(95)122)71-109(97)125(98-45-18-10-33-81(98)74-29-6-4-7-30-74)110-67-78(68-111(126)117(110)120)116-91(93-44-26-43-92-89-40-17-25-54-113(89)128-118(92)93)42-28-52-107(116)124-102-49-22-13-36-85(102)86-37-14-23-50-103(86)124/h4-71H,1-3H3. The van der Waals surface area contributed by atoms with Gasteiger partial charge < -0.3 is 32.3 Å². The number of nitriles is 1. The zero-order valence-corrected chi connectivity index (χ0v) is 70.3. The minimum atomic E-state index is -0.400. The molecule has 0 aliphatic carbocycles. The highest BCUT2D eigenvalue weighted by molar-refractivity contribution is 7.00. The van der Waals surface area contributed by atoms with Gasteiger partial charge in [0.1, 0.15) is 22.3 Å². The molecule has 8 nitrogen and oxygen atoms in total. The largest absolute Gasteiger partial charge is 0.456 e. The summed E-state index contributed by atoms with van der Waals surface area (Å²) < 4.78 is 21.6. The Morgan fingerprint density at radius 1 is 0.258 bits per heavy atom. The Bertz CT molecular complexity index is 8760. The maximum absolute atomic E-state index is 10.6. The van der Waals surface area contributed by atoms with Crippen molar-refractivity contribution >= 4 is 167 Å². The van der Waals surface area contributed by atoms with Crippen LogP contribution < -0.4 is 26.2 Å². The van der Waals surface area contributed by atoms with Gasteiger partial charge in [-0.15, -0.1) is 0 Å². The first-order chi connectivity index (χ1) is 63.1. The van der Waals surface area contributed by atoms with Crippen molar-refractivity contribution in [2.45, 2.75) is 26.2 Å². The molecule has 0 spiro atoms. The van der Waals surface area contributed by atoms with E-state index in [-0.39, 0.29) is 5.41 Å². The number of rotatable bonds is 11. The second-order valence-electron chi connectivity index (χ2n) is 35.2. The molecular weight excluding hydrogens is 1560 g/mol. The molecule has 26 rings (SSSR count). The van der Waals surface area contributed by atoms with Crippen LogP contribution in [0.5, 0.6) is 0 Å². The lowest BCUT2D eigenvalue weighted by atomic mass is 9.33. The molecule has 0 bridgehead atoms. The fraction of sp³-hybridized carbons (Fsp3) is 0.0336. The molecule has 2 aliphatic rings. The van der Waals surface area contributed by atoms with Gasteiger partial charge in [0, 0.05) is 110 Å². The maximum Gasteiger partial charge on any atom is 0.252 e. The van der Waals surface area contributed by atoms with Crippen LogP contribution in [-0.4, -0.2) is 20.4 Å². The van der Waals surface area contributed by atoms with Gasteiger partial charge in [-0.05, 0) is 200 Å². The van der Waals surface area contributed by atoms with E-state index in [4.69, 9.17) is 8.83 Å². The van der Waals surface area contributed by atoms with E-state index in [0.29, 0.717) is 5.56 Å². The number of furan rings is 2. The van der Waals surface area contributed by atoms with E-state index < -0.39 is 6.71 Å². The first kappa shape index (κ1) is 72.9. The summed E-state index contributed by atoms with van der Waals surface area (Å²) in [5.41, 5.74) is 36.5. The molecule has 0 atom stereocenters. The van der Waals surface area contributed by atoms with E-state index in [1.54, 1.807) is 0 Å². The third kappa shape index (κ3) is 10.9. The second-order valence-corrected chi connectivity index (χ2v) is 35.2. The number of aromatic nitrogens is 3. The molecule has 0 unspecified atom stereocenters. The molecule has 24 aromatic rings. The molecule has 0 saturated heterocycles. The van der Waals surface area contributed by atoms with E-state index in [1.807, 2.05) is 6.07 Å². The van der Waals surface area contributed by atoms with Crippen LogP contribution in [0.4, 0.5) is 34.1 Å². The first-order valence-corrected chi connectivity index (χ1v) is 44.0. The van der Waals surface area contributed by atoms with Crippen LogP contribution in [0.1, 0.15) is 31.9 Å². The molecule has 0 saturated carbocycles. The summed E-state index contributed by atoms with van der Waals surface area (Å²) in [6.07, 6.45) is 0. The quantitative estimate of drug-likeness (QED) is 0.121. The smallest absolute Gasteiger partial charge is 0.252 e. The average molecular weight is 1630 g/mol. The molecule has 0 amide bonds. The van der Waals surface area contributed by atoms with E-state index in [9.17, 15) is 5.26 Å². The van der Waals surface area contributed by atoms with Crippen molar-refractivity contribution in [2.24, 2.45) is 0 Å². The first-order valence-electron chi connectivity index (χ1n) is 44.0. The molecule has 128 heavy (non-hydrogen) atoms. The molecule has 9 heteroatoms. The Hall–Kier alpha value is -16.7. The summed E-state index contributed by atoms with van der Waals surface area (Å²) in [7, 11) is 0. The van der Waals surface area contributed by atoms with Crippen molar-refractivity contribution in [3.63, 3.8) is 0 Å². The van der Waals surface area contributed by atoms with E-state index in [0.717, 1.165) is 233 Å². The number of hydrogen-bond acceptors (Lipinski definition) is 5. The summed E-state index contributed by atoms with van der Waals surface area (Å²) in [6, 6.07) is 155. The van der Waals surface area contributed by atoms with Crippen molar-refractivity contribution in [3.05, 3.63) is 424 Å². The lowest BCUT2D eigenvalue weighted by Gasteiger charge is -2.45. The third-order valence-electron chi connectivity index (χ3n) is 27.2. The highest BCUT2D eigenvalue weighted by Gasteiger charge is 2.46. The van der Waals surface area contributed by atoms with Gasteiger partial charge in [-0.1, -0.05) is 300 Å². The van der Waals surface area contributed by atoms with Gasteiger partial charge in [-0.3, -0.25) is 0 Å². The molecule has 7 heterocycles. The third-order valence-corrected chi connectivity index (χ3v) is 27.2. The van der Waals surface area contributed by atoms with Gasteiger partial charge >= 0.3 is 0 Å². The Balaban J connectivity index is 0.843. The van der Waals surface area contributed by atoms with Crippen LogP contribution in [0, 0.1) is 11.3 Å². The van der Waals surface area contributed by atoms with Gasteiger partial charge in [-0.25, -0.2) is 0 Å². The summed E-state index contributed by atoms with van der Waals surface area (Å²) in [5.74, 6) is 0. The summed E-state index contributed by atoms with van der Waals surface area (Å²) in [4.78, 5) is 5.29. The van der Waals surface area contributed by atoms with Crippen molar-refractivity contribution in [1.29, 1.82) is 5.26 Å². The predicted octanol–water partition coefficient (Wildman–Crippen LogP) is 30.0. The molecule has 0 fully saturated rings. The van der Waals surface area contributed by atoms with Crippen LogP contribution in [0.15, 0.2) is 421 Å². The topological polar surface area (TPSA) is 71.3 Å². The van der Waals surface area contributed by atoms with E-state index in [2.05, 4.69) is 457 Å². The zero-order chi connectivity index (χ0) is 84.7. The normalized spacial score (nSPS) is 12.6. The van der Waals surface area contributed by atoms with E-state index >= 15 is 0 Å². The van der Waals surface area contributed by atoms with Crippen LogP contribution in [0.3, 0.4) is 0 Å². The van der Waals surface area contributed by atoms with Gasteiger partial charge in [-0.2, -0.15) is 5.26 Å². The fourth-order valence-electron chi connectivity index (χ4n) is 21.6. The van der Waals surface area contributed by atoms with Crippen LogP contribution in [0.2, 0.25) is 0 Å². The fourth-order valence-corrected chi connectivity index (χ4v) is 21.6. The van der Waals surface area contributed by atoms with Crippen molar-refractivity contribution in [3.8, 4) is 89.9 Å². The maximum atomic E-state index is 10.6. The molecule has 0 radical (unpaired) electrons. The Labute approximate surface area is 738 Å². The summed E-state index contributed by atoms with van der Waals surface area (Å²) in [6.45, 7) is 6.59. The van der Waals surface area contributed by atoms with Crippen molar-refractivity contribution < 1.29 is 8.83 Å². The summed E-state index contributed by atoms with van der Waals surface area (Å²) >= 11 is 0. The monoisotopic (exact) mass is 1630 g/mol. The van der Waals surface area contributed by atoms with Crippen molar-refractivity contribution in [2.75, 3.05) is 9.80 Å². The van der Waals surface area contributed by atoms with E-state index in [1.165, 1.54) is 16.3 Å². The lowest BCUT2D eigenvalue weighted by molar-refractivity contribution is 0.590. The number of anilines is 6. The highest BCUT2D eigenvalue weighted by Crippen LogP contribution is 2.55. The minimum Gasteiger partial charge on any atom is -0.456 e. The van der Waals surface area contributed by atoms with Gasteiger partial charge in [0.25, 0.3) is 6.71 Å². The molecular formula is C119H77BN6O2. The zero-order valence-electron chi connectivity index (χ0n) is 70.3. The van der Waals surface area contributed by atoms with Crippen LogP contribution in [0.25, 0.3) is 193 Å². The van der Waals surface area contributed by atoms with Gasteiger partial charge in [0.15, 0.2) is 0 Å². The second kappa shape index (κ2) is 28.2. The Kier molecular flexibility index (Phi) is 16.1. The summed E-state index contributed by atoms with van der Waals surface area (Å²) in [5, 5.41) is 21.6. The molecule has 5 aromatic heterocycles. The number of benzene rings is 19. The Morgan fingerprint density at radius 3 is 1.33 bits per heavy atom. The van der Waals surface area contributed by atoms with Crippen LogP contribution in [-0.2, 0) is 5.41 Å². The van der Waals surface area contributed by atoms with Crippen molar-refractivity contribution in [1.82, 2.24) is 13.7 Å². The molecule has 598 valence electrons. The molecule has 19 aromatic carbocycles. The average Bonchev–Trinajstić information content (AvgIpc) is 1.09.